The van der Waals surface area contributed by atoms with Crippen molar-refractivity contribution in [3.63, 3.8) is 0 Å². The standard InChI is InChI=1S/C24H40N4O3/c29-24(26-8-9-28-10-12-30-13-11-28)16-20-6-7-25-18-21(20)15-22-17-23(31-27-22)14-19-4-2-1-3-5-19/h17,19-21,25H,1-16,18H2,(H,26,29)/t20-,21-/m0/s1. The summed E-state index contributed by atoms with van der Waals surface area (Å²) < 4.78 is 11.1. The van der Waals surface area contributed by atoms with Crippen LogP contribution < -0.4 is 10.6 Å². The van der Waals surface area contributed by atoms with E-state index < -0.39 is 0 Å². The van der Waals surface area contributed by atoms with Gasteiger partial charge in [-0.15, -0.1) is 0 Å². The predicted octanol–water partition coefficient (Wildman–Crippen LogP) is 2.40. The Bertz CT molecular complexity index is 668. The molecule has 2 aliphatic heterocycles. The lowest BCUT2D eigenvalue weighted by atomic mass is 9.81. The minimum atomic E-state index is 0.184. The van der Waals surface area contributed by atoms with Crippen molar-refractivity contribution >= 4 is 5.91 Å². The number of ether oxygens (including phenoxy) is 1. The summed E-state index contributed by atoms with van der Waals surface area (Å²) in [5, 5.41) is 11.0. The van der Waals surface area contributed by atoms with E-state index in [9.17, 15) is 4.79 Å². The van der Waals surface area contributed by atoms with Crippen LogP contribution in [0.15, 0.2) is 10.6 Å². The van der Waals surface area contributed by atoms with Gasteiger partial charge in [-0.1, -0.05) is 37.3 Å². The van der Waals surface area contributed by atoms with Crippen LogP contribution in [0.1, 0.15) is 56.4 Å². The third kappa shape index (κ3) is 7.29. The second-order valence-corrected chi connectivity index (χ2v) is 9.72. The Morgan fingerprint density at radius 3 is 2.81 bits per heavy atom. The molecule has 0 aromatic carbocycles. The lowest BCUT2D eigenvalue weighted by molar-refractivity contribution is -0.122. The van der Waals surface area contributed by atoms with Crippen LogP contribution in [0.4, 0.5) is 0 Å². The van der Waals surface area contributed by atoms with Gasteiger partial charge in [-0.05, 0) is 43.7 Å². The second-order valence-electron chi connectivity index (χ2n) is 9.72. The van der Waals surface area contributed by atoms with Crippen LogP contribution in [0.3, 0.4) is 0 Å². The SMILES string of the molecule is O=C(C[C@@H]1CCNC[C@@H]1Cc1cc(CC2CCCCC2)on1)NCCN1CCOCC1. The Morgan fingerprint density at radius 1 is 1.13 bits per heavy atom. The van der Waals surface area contributed by atoms with Gasteiger partial charge in [0.05, 0.1) is 18.9 Å². The van der Waals surface area contributed by atoms with Crippen LogP contribution >= 0.6 is 0 Å². The molecular weight excluding hydrogens is 392 g/mol. The molecule has 174 valence electrons. The Hall–Kier alpha value is -1.44. The van der Waals surface area contributed by atoms with Crippen molar-refractivity contribution in [2.45, 2.75) is 57.8 Å². The molecule has 7 heteroatoms. The molecule has 1 aliphatic carbocycles. The van der Waals surface area contributed by atoms with E-state index in [1.165, 1.54) is 32.1 Å². The smallest absolute Gasteiger partial charge is 0.220 e. The molecule has 31 heavy (non-hydrogen) atoms. The second kappa shape index (κ2) is 12.0. The fourth-order valence-corrected chi connectivity index (χ4v) is 5.47. The number of nitrogens with zero attached hydrogens (tertiary/aromatic N) is 2. The molecule has 1 saturated carbocycles. The number of amides is 1. The van der Waals surface area contributed by atoms with E-state index in [1.54, 1.807) is 0 Å². The zero-order valence-electron chi connectivity index (χ0n) is 18.9. The highest BCUT2D eigenvalue weighted by atomic mass is 16.5. The number of carbonyl (C=O) groups is 1. The number of aromatic nitrogens is 1. The van der Waals surface area contributed by atoms with Crippen molar-refractivity contribution in [1.29, 1.82) is 0 Å². The van der Waals surface area contributed by atoms with Gasteiger partial charge in [0.25, 0.3) is 0 Å². The van der Waals surface area contributed by atoms with E-state index in [1.807, 2.05) is 0 Å². The molecule has 4 rings (SSSR count). The summed E-state index contributed by atoms with van der Waals surface area (Å²) in [5.41, 5.74) is 1.05. The fraction of sp³-hybridized carbons (Fsp3) is 0.833. The summed E-state index contributed by atoms with van der Waals surface area (Å²) in [6.07, 6.45) is 10.3. The minimum Gasteiger partial charge on any atom is -0.379 e. The third-order valence-corrected chi connectivity index (χ3v) is 7.36. The summed E-state index contributed by atoms with van der Waals surface area (Å²) in [4.78, 5) is 14.9. The molecule has 7 nitrogen and oxygen atoms in total. The van der Waals surface area contributed by atoms with Crippen LogP contribution in [0.5, 0.6) is 0 Å². The number of hydrogen-bond donors (Lipinski definition) is 2. The Balaban J connectivity index is 1.21. The zero-order chi connectivity index (χ0) is 21.3. The quantitative estimate of drug-likeness (QED) is 0.624. The van der Waals surface area contributed by atoms with Crippen LogP contribution in [-0.4, -0.2) is 68.4 Å². The Labute approximate surface area is 186 Å². The van der Waals surface area contributed by atoms with Crippen LogP contribution in [0, 0.1) is 17.8 Å². The summed E-state index contributed by atoms with van der Waals surface area (Å²) >= 11 is 0. The lowest BCUT2D eigenvalue weighted by Gasteiger charge is -2.31. The molecule has 0 unspecified atom stereocenters. The van der Waals surface area contributed by atoms with Crippen molar-refractivity contribution in [2.24, 2.45) is 17.8 Å². The molecule has 1 aromatic heterocycles. The molecule has 2 atom stereocenters. The van der Waals surface area contributed by atoms with Gasteiger partial charge in [0, 0.05) is 45.1 Å². The van der Waals surface area contributed by atoms with Crippen LogP contribution in [0.25, 0.3) is 0 Å². The highest BCUT2D eigenvalue weighted by Crippen LogP contribution is 2.29. The lowest BCUT2D eigenvalue weighted by Crippen LogP contribution is -2.43. The van der Waals surface area contributed by atoms with Crippen molar-refractivity contribution < 1.29 is 14.1 Å². The Kier molecular flexibility index (Phi) is 8.79. The maximum absolute atomic E-state index is 12.6. The summed E-state index contributed by atoms with van der Waals surface area (Å²) in [5.74, 6) is 2.83. The maximum atomic E-state index is 12.6. The number of piperidine rings is 1. The number of nitrogens with one attached hydrogen (secondary N) is 2. The van der Waals surface area contributed by atoms with Gasteiger partial charge in [0.15, 0.2) is 0 Å². The molecule has 0 bridgehead atoms. The topological polar surface area (TPSA) is 79.6 Å². The van der Waals surface area contributed by atoms with Gasteiger partial charge >= 0.3 is 0 Å². The molecule has 3 aliphatic rings. The molecule has 3 heterocycles. The van der Waals surface area contributed by atoms with E-state index in [0.29, 0.717) is 18.3 Å². The number of carbonyl (C=O) groups excluding carboxylic acids is 1. The van der Waals surface area contributed by atoms with Crippen molar-refractivity contribution in [2.75, 3.05) is 52.5 Å². The maximum Gasteiger partial charge on any atom is 0.220 e. The van der Waals surface area contributed by atoms with Crippen LogP contribution in [-0.2, 0) is 22.4 Å². The van der Waals surface area contributed by atoms with E-state index in [-0.39, 0.29) is 5.91 Å². The molecular formula is C24H40N4O3. The molecule has 2 saturated heterocycles. The van der Waals surface area contributed by atoms with Gasteiger partial charge in [-0.25, -0.2) is 0 Å². The molecule has 3 fully saturated rings. The average molecular weight is 433 g/mol. The van der Waals surface area contributed by atoms with Gasteiger partial charge in [-0.2, -0.15) is 0 Å². The Morgan fingerprint density at radius 2 is 1.97 bits per heavy atom. The normalized spacial score (nSPS) is 26.1. The molecule has 1 aromatic rings. The molecule has 0 radical (unpaired) electrons. The number of rotatable bonds is 9. The van der Waals surface area contributed by atoms with Crippen molar-refractivity contribution in [1.82, 2.24) is 20.7 Å². The zero-order valence-corrected chi connectivity index (χ0v) is 18.9. The monoisotopic (exact) mass is 432 g/mol. The summed E-state index contributed by atoms with van der Waals surface area (Å²) in [6, 6.07) is 2.17. The first-order valence-corrected chi connectivity index (χ1v) is 12.5. The van der Waals surface area contributed by atoms with E-state index >= 15 is 0 Å². The number of hydrogen-bond acceptors (Lipinski definition) is 6. The fourth-order valence-electron chi connectivity index (χ4n) is 5.47. The van der Waals surface area contributed by atoms with Gasteiger partial charge in [0.2, 0.25) is 5.91 Å². The molecule has 1 amide bonds. The van der Waals surface area contributed by atoms with Gasteiger partial charge in [-0.3, -0.25) is 9.69 Å². The van der Waals surface area contributed by atoms with E-state index in [4.69, 9.17) is 9.26 Å². The minimum absolute atomic E-state index is 0.184. The first-order valence-electron chi connectivity index (χ1n) is 12.5. The van der Waals surface area contributed by atoms with Gasteiger partial charge in [0.1, 0.15) is 5.76 Å². The van der Waals surface area contributed by atoms with Crippen molar-refractivity contribution in [3.05, 3.63) is 17.5 Å². The largest absolute Gasteiger partial charge is 0.379 e. The number of morpholine rings is 1. The summed E-state index contributed by atoms with van der Waals surface area (Å²) in [6.45, 7) is 7.11. The van der Waals surface area contributed by atoms with E-state index in [0.717, 1.165) is 89.1 Å². The highest BCUT2D eigenvalue weighted by molar-refractivity contribution is 5.76. The third-order valence-electron chi connectivity index (χ3n) is 7.36. The average Bonchev–Trinajstić information content (AvgIpc) is 3.23. The molecule has 0 spiro atoms. The summed E-state index contributed by atoms with van der Waals surface area (Å²) in [7, 11) is 0. The van der Waals surface area contributed by atoms with Crippen molar-refractivity contribution in [3.8, 4) is 0 Å². The highest BCUT2D eigenvalue weighted by Gasteiger charge is 2.28. The first-order chi connectivity index (χ1) is 15.3. The van der Waals surface area contributed by atoms with Gasteiger partial charge < -0.3 is 19.9 Å². The molecule has 2 N–H and O–H groups in total. The first kappa shape index (κ1) is 22.7. The predicted molar refractivity (Wildman–Crippen MR) is 120 cm³/mol. The van der Waals surface area contributed by atoms with Crippen LogP contribution in [0.2, 0.25) is 0 Å². The van der Waals surface area contributed by atoms with E-state index in [2.05, 4.69) is 26.8 Å².